The number of carbonyl (C=O) groups excluding carboxylic acids is 1. The maximum atomic E-state index is 12.1. The molecule has 7 nitrogen and oxygen atoms in total. The van der Waals surface area contributed by atoms with Gasteiger partial charge >= 0.3 is 0 Å². The second-order valence-electron chi connectivity index (χ2n) is 5.30. The Balaban J connectivity index is 2.47. The average molecular weight is 332 g/mol. The summed E-state index contributed by atoms with van der Waals surface area (Å²) >= 11 is 0. The van der Waals surface area contributed by atoms with Crippen LogP contribution in [0.25, 0.3) is 0 Å². The normalized spacial score (nSPS) is 21.9. The third-order valence-corrected chi connectivity index (χ3v) is 5.31. The Hall–Kier alpha value is -1.45. The van der Waals surface area contributed by atoms with Gasteiger partial charge in [0, 0.05) is 17.9 Å². The van der Waals surface area contributed by atoms with Crippen molar-refractivity contribution in [2.75, 3.05) is 6.26 Å². The predicted molar refractivity (Wildman–Crippen MR) is 76.0 cm³/mol. The number of primary sulfonamides is 1. The molecule has 1 fully saturated rings. The van der Waals surface area contributed by atoms with Gasteiger partial charge in [0.15, 0.2) is 9.84 Å². The summed E-state index contributed by atoms with van der Waals surface area (Å²) in [6.07, 6.45) is 1.78. The highest BCUT2D eigenvalue weighted by atomic mass is 32.2. The van der Waals surface area contributed by atoms with E-state index in [1.165, 1.54) is 0 Å². The summed E-state index contributed by atoms with van der Waals surface area (Å²) in [6, 6.07) is 3.21. The van der Waals surface area contributed by atoms with E-state index < -0.39 is 30.7 Å². The topological polar surface area (TPSA) is 123 Å². The molecule has 0 heterocycles. The maximum absolute atomic E-state index is 12.1. The number of rotatable bonds is 4. The number of sulfonamides is 1. The third kappa shape index (κ3) is 3.80. The van der Waals surface area contributed by atoms with Gasteiger partial charge in [-0.15, -0.1) is 0 Å². The number of nitrogens with two attached hydrogens (primary N) is 1. The summed E-state index contributed by atoms with van der Waals surface area (Å²) in [5.74, 6) is -0.149. The van der Waals surface area contributed by atoms with Gasteiger partial charge in [-0.3, -0.25) is 4.79 Å². The lowest BCUT2D eigenvalue weighted by molar-refractivity contribution is 0.0949. The van der Waals surface area contributed by atoms with Crippen molar-refractivity contribution >= 4 is 25.8 Å². The highest BCUT2D eigenvalue weighted by Gasteiger charge is 2.34. The fourth-order valence-corrected chi connectivity index (χ4v) is 3.20. The van der Waals surface area contributed by atoms with Gasteiger partial charge < -0.3 is 5.32 Å². The second-order valence-corrected chi connectivity index (χ2v) is 8.88. The van der Waals surface area contributed by atoms with Gasteiger partial charge in [-0.2, -0.15) is 0 Å². The molecule has 1 amide bonds. The minimum atomic E-state index is -4.11. The Kier molecular flexibility index (Phi) is 3.85. The van der Waals surface area contributed by atoms with Crippen molar-refractivity contribution in [2.24, 2.45) is 11.1 Å². The number of hydrogen-bond donors (Lipinski definition) is 2. The van der Waals surface area contributed by atoms with Crippen LogP contribution in [0, 0.1) is 5.92 Å². The Morgan fingerprint density at radius 1 is 1.19 bits per heavy atom. The van der Waals surface area contributed by atoms with Crippen molar-refractivity contribution in [3.63, 3.8) is 0 Å². The summed E-state index contributed by atoms with van der Waals surface area (Å²) in [4.78, 5) is 11.4. The van der Waals surface area contributed by atoms with Crippen molar-refractivity contribution in [3.8, 4) is 0 Å². The van der Waals surface area contributed by atoms with Crippen LogP contribution in [0.4, 0.5) is 0 Å². The van der Waals surface area contributed by atoms with Crippen molar-refractivity contribution in [2.45, 2.75) is 29.2 Å². The zero-order valence-corrected chi connectivity index (χ0v) is 13.2. The molecule has 1 aromatic carbocycles. The van der Waals surface area contributed by atoms with Crippen molar-refractivity contribution < 1.29 is 21.6 Å². The molecule has 0 bridgehead atoms. The summed E-state index contributed by atoms with van der Waals surface area (Å²) in [5, 5.41) is 7.73. The van der Waals surface area contributed by atoms with Gasteiger partial charge in [0.1, 0.15) is 0 Å². The number of sulfone groups is 1. The average Bonchev–Trinajstić information content (AvgIpc) is 3.02. The minimum absolute atomic E-state index is 0.0392. The largest absolute Gasteiger partial charge is 0.349 e. The molecule has 0 radical (unpaired) electrons. The van der Waals surface area contributed by atoms with Crippen molar-refractivity contribution in [1.29, 1.82) is 0 Å². The standard InChI is InChI=1S/C12H16N2O5S2/c1-7-3-11(7)14-12(15)8-4-9(20(2,16)17)6-10(5-8)21(13,18)19/h4-7,11H,3H2,1-2H3,(H,14,15)(H2,13,18,19). The third-order valence-electron chi connectivity index (χ3n) is 3.32. The molecule has 2 unspecified atom stereocenters. The van der Waals surface area contributed by atoms with E-state index >= 15 is 0 Å². The van der Waals surface area contributed by atoms with Crippen LogP contribution >= 0.6 is 0 Å². The monoisotopic (exact) mass is 332 g/mol. The molecular formula is C12H16N2O5S2. The van der Waals surface area contributed by atoms with Crippen LogP contribution in [-0.4, -0.2) is 35.0 Å². The van der Waals surface area contributed by atoms with E-state index in [9.17, 15) is 21.6 Å². The molecule has 1 aromatic rings. The molecule has 0 aromatic heterocycles. The van der Waals surface area contributed by atoms with E-state index in [0.29, 0.717) is 5.92 Å². The Bertz CT molecular complexity index is 749. The van der Waals surface area contributed by atoms with Gasteiger partial charge in [-0.05, 0) is 30.5 Å². The molecule has 1 aliphatic carbocycles. The van der Waals surface area contributed by atoms with Crippen LogP contribution in [-0.2, 0) is 19.9 Å². The molecule has 2 atom stereocenters. The number of carbonyl (C=O) groups is 1. The van der Waals surface area contributed by atoms with Crippen LogP contribution in [0.5, 0.6) is 0 Å². The zero-order chi connectivity index (χ0) is 16.0. The first kappa shape index (κ1) is 15.9. The predicted octanol–water partition coefficient (Wildman–Crippen LogP) is -0.124. The quantitative estimate of drug-likeness (QED) is 0.795. The van der Waals surface area contributed by atoms with Crippen LogP contribution in [0.2, 0.25) is 0 Å². The van der Waals surface area contributed by atoms with E-state index in [4.69, 9.17) is 5.14 Å². The van der Waals surface area contributed by atoms with Crippen LogP contribution in [0.3, 0.4) is 0 Å². The van der Waals surface area contributed by atoms with Gasteiger partial charge in [-0.25, -0.2) is 22.0 Å². The summed E-state index contributed by atoms with van der Waals surface area (Å²) in [7, 11) is -7.77. The van der Waals surface area contributed by atoms with Gasteiger partial charge in [0.2, 0.25) is 10.0 Å². The molecule has 3 N–H and O–H groups in total. The molecule has 21 heavy (non-hydrogen) atoms. The summed E-state index contributed by atoms with van der Waals surface area (Å²) in [6.45, 7) is 1.97. The zero-order valence-electron chi connectivity index (χ0n) is 11.5. The van der Waals surface area contributed by atoms with E-state index in [1.807, 2.05) is 6.92 Å². The number of benzene rings is 1. The fourth-order valence-electron chi connectivity index (χ4n) is 1.86. The first-order valence-corrected chi connectivity index (χ1v) is 9.61. The smallest absolute Gasteiger partial charge is 0.251 e. The number of nitrogens with one attached hydrogen (secondary N) is 1. The van der Waals surface area contributed by atoms with Gasteiger partial charge in [0.05, 0.1) is 9.79 Å². The SMILES string of the molecule is CC1CC1NC(=O)c1cc(S(C)(=O)=O)cc(S(N)(=O)=O)c1. The van der Waals surface area contributed by atoms with Crippen LogP contribution in [0.15, 0.2) is 28.0 Å². The van der Waals surface area contributed by atoms with Crippen molar-refractivity contribution in [3.05, 3.63) is 23.8 Å². The summed E-state index contributed by atoms with van der Waals surface area (Å²) in [5.41, 5.74) is -0.0407. The van der Waals surface area contributed by atoms with E-state index in [1.54, 1.807) is 0 Å². The lowest BCUT2D eigenvalue weighted by Crippen LogP contribution is -2.27. The minimum Gasteiger partial charge on any atom is -0.349 e. The first-order valence-electron chi connectivity index (χ1n) is 6.17. The van der Waals surface area contributed by atoms with Crippen LogP contribution in [0.1, 0.15) is 23.7 Å². The lowest BCUT2D eigenvalue weighted by atomic mass is 10.2. The Labute approximate surface area is 123 Å². The molecule has 0 aliphatic heterocycles. The number of amides is 1. The molecule has 2 rings (SSSR count). The molecule has 9 heteroatoms. The first-order chi connectivity index (χ1) is 9.48. The molecule has 1 aliphatic rings. The van der Waals surface area contributed by atoms with Crippen molar-refractivity contribution in [1.82, 2.24) is 5.32 Å². The molecular weight excluding hydrogens is 316 g/mol. The fraction of sp³-hybridized carbons (Fsp3) is 0.417. The molecule has 1 saturated carbocycles. The highest BCUT2D eigenvalue weighted by molar-refractivity contribution is 7.91. The van der Waals surface area contributed by atoms with Gasteiger partial charge in [0.25, 0.3) is 5.91 Å². The highest BCUT2D eigenvalue weighted by Crippen LogP contribution is 2.29. The molecule has 0 spiro atoms. The Morgan fingerprint density at radius 3 is 2.14 bits per heavy atom. The maximum Gasteiger partial charge on any atom is 0.251 e. The van der Waals surface area contributed by atoms with Crippen LogP contribution < -0.4 is 10.5 Å². The van der Waals surface area contributed by atoms with Gasteiger partial charge in [-0.1, -0.05) is 6.92 Å². The number of hydrogen-bond acceptors (Lipinski definition) is 5. The Morgan fingerprint density at radius 2 is 1.71 bits per heavy atom. The van der Waals surface area contributed by atoms with E-state index in [-0.39, 0.29) is 16.5 Å². The second kappa shape index (κ2) is 5.08. The molecule has 116 valence electrons. The van der Waals surface area contributed by atoms with E-state index in [2.05, 4.69) is 5.32 Å². The lowest BCUT2D eigenvalue weighted by Gasteiger charge is -2.08. The van der Waals surface area contributed by atoms with E-state index in [0.717, 1.165) is 30.9 Å². The molecule has 0 saturated heterocycles. The summed E-state index contributed by atoms with van der Waals surface area (Å²) < 4.78 is 46.1.